The van der Waals surface area contributed by atoms with Gasteiger partial charge in [-0.3, -0.25) is 0 Å². The van der Waals surface area contributed by atoms with E-state index in [1.54, 1.807) is 24.3 Å². The summed E-state index contributed by atoms with van der Waals surface area (Å²) in [5, 5.41) is 3.15. The molecule has 3 rings (SSSR count). The topological polar surface area (TPSA) is 34.1 Å². The predicted molar refractivity (Wildman–Crippen MR) is 74.9 cm³/mol. The molecule has 0 aliphatic carbocycles. The molecule has 0 radical (unpaired) electrons. The zero-order chi connectivity index (χ0) is 16.4. The molecule has 2 aromatic rings. The van der Waals surface area contributed by atoms with Gasteiger partial charge in [-0.05, 0) is 18.5 Å². The van der Waals surface area contributed by atoms with Gasteiger partial charge in [-0.2, -0.15) is 18.2 Å². The molecule has 1 aromatic heterocycles. The van der Waals surface area contributed by atoms with Gasteiger partial charge in [0, 0.05) is 12.5 Å². The highest BCUT2D eigenvalue weighted by Crippen LogP contribution is 2.33. The van der Waals surface area contributed by atoms with Crippen LogP contribution in [0.3, 0.4) is 0 Å². The van der Waals surface area contributed by atoms with E-state index in [9.17, 15) is 17.6 Å². The van der Waals surface area contributed by atoms with Crippen molar-refractivity contribution in [2.75, 3.05) is 13.1 Å². The van der Waals surface area contributed by atoms with E-state index in [0.29, 0.717) is 6.54 Å². The highest BCUT2D eigenvalue weighted by Gasteiger charge is 2.31. The fourth-order valence-electron chi connectivity index (χ4n) is 2.68. The van der Waals surface area contributed by atoms with E-state index in [2.05, 4.69) is 10.3 Å². The molecule has 0 bridgehead atoms. The molecule has 0 unspecified atom stereocenters. The van der Waals surface area contributed by atoms with Crippen LogP contribution in [0.4, 0.5) is 17.6 Å². The van der Waals surface area contributed by atoms with Crippen molar-refractivity contribution in [1.29, 1.82) is 0 Å². The maximum atomic E-state index is 13.8. The Morgan fingerprint density at radius 3 is 2.43 bits per heavy atom. The molecule has 1 saturated heterocycles. The third kappa shape index (κ3) is 3.14. The van der Waals surface area contributed by atoms with Gasteiger partial charge in [0.1, 0.15) is 6.10 Å². The number of benzene rings is 1. The van der Waals surface area contributed by atoms with Crippen molar-refractivity contribution < 1.29 is 22.3 Å². The molecule has 0 spiro atoms. The van der Waals surface area contributed by atoms with Crippen molar-refractivity contribution >= 4 is 0 Å². The molecule has 23 heavy (non-hydrogen) atoms. The van der Waals surface area contributed by atoms with Crippen LogP contribution in [0.1, 0.15) is 18.1 Å². The summed E-state index contributed by atoms with van der Waals surface area (Å²) in [6.07, 6.45) is 0.116. The Bertz CT molecular complexity index is 690. The van der Waals surface area contributed by atoms with E-state index >= 15 is 0 Å². The highest BCUT2D eigenvalue weighted by molar-refractivity contribution is 5.23. The van der Waals surface area contributed by atoms with Crippen LogP contribution in [0.2, 0.25) is 0 Å². The van der Waals surface area contributed by atoms with Gasteiger partial charge in [0.15, 0.2) is 0 Å². The number of halogens is 4. The molecule has 3 nitrogen and oxygen atoms in total. The molecule has 1 fully saturated rings. The van der Waals surface area contributed by atoms with Gasteiger partial charge < -0.3 is 10.1 Å². The number of ether oxygens (including phenoxy) is 1. The summed E-state index contributed by atoms with van der Waals surface area (Å²) in [6, 6.07) is 8.92. The molecule has 0 amide bonds. The van der Waals surface area contributed by atoms with Gasteiger partial charge in [-0.1, -0.05) is 30.3 Å². The fraction of sp³-hybridized carbons (Fsp3) is 0.312. The van der Waals surface area contributed by atoms with Crippen molar-refractivity contribution in [2.24, 2.45) is 5.92 Å². The molecule has 1 N–H and O–H groups in total. The Labute approximate surface area is 130 Å². The van der Waals surface area contributed by atoms with Crippen LogP contribution in [-0.4, -0.2) is 18.1 Å². The summed E-state index contributed by atoms with van der Waals surface area (Å²) in [5.41, 5.74) is 0.729. The first-order valence-electron chi connectivity index (χ1n) is 7.20. The summed E-state index contributed by atoms with van der Waals surface area (Å²) >= 11 is 0. The minimum Gasteiger partial charge on any atom is -0.467 e. The van der Waals surface area contributed by atoms with Gasteiger partial charge >= 0.3 is 0 Å². The molecule has 122 valence electrons. The Morgan fingerprint density at radius 2 is 1.78 bits per heavy atom. The first-order chi connectivity index (χ1) is 11.1. The number of aromatic nitrogens is 1. The zero-order valence-electron chi connectivity index (χ0n) is 12.0. The second kappa shape index (κ2) is 6.54. The van der Waals surface area contributed by atoms with Crippen LogP contribution in [0.15, 0.2) is 30.3 Å². The van der Waals surface area contributed by atoms with Crippen molar-refractivity contribution in [1.82, 2.24) is 10.3 Å². The number of nitrogens with one attached hydrogen (secondary N) is 1. The van der Waals surface area contributed by atoms with Crippen molar-refractivity contribution in [3.63, 3.8) is 0 Å². The van der Waals surface area contributed by atoms with Crippen molar-refractivity contribution in [3.8, 4) is 5.88 Å². The fourth-order valence-corrected chi connectivity index (χ4v) is 2.68. The van der Waals surface area contributed by atoms with E-state index in [1.165, 1.54) is 0 Å². The first-order valence-corrected chi connectivity index (χ1v) is 7.20. The standard InChI is InChI=1S/C16H14F4N2O/c17-11-12(18)15(20)22-16(13(11)19)23-14(10-6-7-21-8-10)9-4-2-1-3-5-9/h1-5,10,14,21H,6-8H2/t10-,14-/m1/s1. The summed E-state index contributed by atoms with van der Waals surface area (Å²) in [4.78, 5) is 3.07. The minimum atomic E-state index is -1.95. The molecule has 1 aliphatic heterocycles. The summed E-state index contributed by atoms with van der Waals surface area (Å²) in [6.45, 7) is 1.38. The van der Waals surface area contributed by atoms with Crippen molar-refractivity contribution in [3.05, 3.63) is 59.3 Å². The van der Waals surface area contributed by atoms with Crippen LogP contribution >= 0.6 is 0 Å². The second-order valence-electron chi connectivity index (χ2n) is 5.35. The van der Waals surface area contributed by atoms with Gasteiger partial charge in [-0.15, -0.1) is 0 Å². The van der Waals surface area contributed by atoms with Gasteiger partial charge in [0.25, 0.3) is 11.8 Å². The Balaban J connectivity index is 1.96. The Kier molecular flexibility index (Phi) is 4.47. The summed E-state index contributed by atoms with van der Waals surface area (Å²) in [5.74, 6) is -8.12. The van der Waals surface area contributed by atoms with Crippen LogP contribution in [0.25, 0.3) is 0 Å². The molecule has 2 heterocycles. The molecule has 1 aliphatic rings. The van der Waals surface area contributed by atoms with Crippen LogP contribution in [-0.2, 0) is 0 Å². The second-order valence-corrected chi connectivity index (χ2v) is 5.35. The number of hydrogen-bond acceptors (Lipinski definition) is 3. The number of nitrogens with zero attached hydrogens (tertiary/aromatic N) is 1. The lowest BCUT2D eigenvalue weighted by Gasteiger charge is -2.24. The predicted octanol–water partition coefficient (Wildman–Crippen LogP) is 3.37. The van der Waals surface area contributed by atoms with Gasteiger partial charge in [0.2, 0.25) is 17.5 Å². The molecule has 2 atom stereocenters. The average molecular weight is 326 g/mol. The quantitative estimate of drug-likeness (QED) is 0.691. The van der Waals surface area contributed by atoms with Crippen LogP contribution < -0.4 is 10.1 Å². The maximum absolute atomic E-state index is 13.8. The zero-order valence-corrected chi connectivity index (χ0v) is 12.0. The summed E-state index contributed by atoms with van der Waals surface area (Å²) in [7, 11) is 0. The van der Waals surface area contributed by atoms with E-state index in [1.807, 2.05) is 6.07 Å². The van der Waals surface area contributed by atoms with E-state index in [-0.39, 0.29) is 5.92 Å². The Hall–Kier alpha value is -2.15. The maximum Gasteiger partial charge on any atom is 0.257 e. The Morgan fingerprint density at radius 1 is 1.04 bits per heavy atom. The third-order valence-electron chi connectivity index (χ3n) is 3.85. The lowest BCUT2D eigenvalue weighted by Crippen LogP contribution is -2.22. The average Bonchev–Trinajstić information content (AvgIpc) is 3.10. The minimum absolute atomic E-state index is 0.0187. The normalized spacial score (nSPS) is 18.9. The molecule has 1 aromatic carbocycles. The molecular formula is C16H14F4N2O. The molecule has 0 saturated carbocycles. The third-order valence-corrected chi connectivity index (χ3v) is 3.85. The molecule has 7 heteroatoms. The SMILES string of the molecule is Fc1nc(O[C@H](c2ccccc2)[C@@H]2CCNC2)c(F)c(F)c1F. The smallest absolute Gasteiger partial charge is 0.257 e. The van der Waals surface area contributed by atoms with Crippen molar-refractivity contribution in [2.45, 2.75) is 12.5 Å². The highest BCUT2D eigenvalue weighted by atomic mass is 19.2. The van der Waals surface area contributed by atoms with Gasteiger partial charge in [-0.25, -0.2) is 4.39 Å². The van der Waals surface area contributed by atoms with E-state index < -0.39 is 35.4 Å². The monoisotopic (exact) mass is 326 g/mol. The number of pyridine rings is 1. The van der Waals surface area contributed by atoms with Crippen LogP contribution in [0.5, 0.6) is 5.88 Å². The van der Waals surface area contributed by atoms with E-state index in [0.717, 1.165) is 18.5 Å². The summed E-state index contributed by atoms with van der Waals surface area (Å²) < 4.78 is 58.9. The number of rotatable bonds is 4. The molecular weight excluding hydrogens is 312 g/mol. The van der Waals surface area contributed by atoms with Crippen LogP contribution in [0, 0.1) is 29.3 Å². The van der Waals surface area contributed by atoms with Gasteiger partial charge in [0.05, 0.1) is 0 Å². The largest absolute Gasteiger partial charge is 0.467 e. The van der Waals surface area contributed by atoms with E-state index in [4.69, 9.17) is 4.74 Å². The lowest BCUT2D eigenvalue weighted by atomic mass is 9.95. The number of hydrogen-bond donors (Lipinski definition) is 1. The lowest BCUT2D eigenvalue weighted by molar-refractivity contribution is 0.126. The first kappa shape index (κ1) is 15.7.